The van der Waals surface area contributed by atoms with E-state index in [1.165, 1.54) is 253 Å². The molecule has 2 heterocycles. The van der Waals surface area contributed by atoms with Gasteiger partial charge < -0.3 is 0 Å². The first-order chi connectivity index (χ1) is 65.3. The van der Waals surface area contributed by atoms with Crippen LogP contribution in [0.2, 0.25) is 0 Å². The molecule has 0 radical (unpaired) electrons. The first-order valence-corrected chi connectivity index (χ1v) is 46.9. The van der Waals surface area contributed by atoms with Gasteiger partial charge in [-0.15, -0.1) is 0 Å². The van der Waals surface area contributed by atoms with Gasteiger partial charge in [0.15, 0.2) is 0 Å². The van der Waals surface area contributed by atoms with Crippen molar-refractivity contribution in [2.75, 3.05) is 0 Å². The quantitative estimate of drug-likeness (QED) is 0.135. The zero-order chi connectivity index (χ0) is 89.0. The Morgan fingerprint density at radius 1 is 0.180 bits per heavy atom. The summed E-state index contributed by atoms with van der Waals surface area (Å²) in [4.78, 5) is 9.87. The van der Waals surface area contributed by atoms with Crippen molar-refractivity contribution < 1.29 is 0 Å². The molecular weight excluding hydrogens is 1600 g/mol. The second kappa shape index (κ2) is 31.1. The monoisotopic (exact) mass is 1690 g/mol. The van der Waals surface area contributed by atoms with Crippen molar-refractivity contribution in [3.63, 3.8) is 0 Å². The number of hydrogen-bond donors (Lipinski definition) is 0. The second-order valence-electron chi connectivity index (χ2n) is 38.3. The second-order valence-corrected chi connectivity index (χ2v) is 38.3. The number of benzene rings is 21. The van der Waals surface area contributed by atoms with Crippen molar-refractivity contribution in [3.05, 3.63) is 482 Å². The van der Waals surface area contributed by atoms with Gasteiger partial charge in [-0.05, 0) is 304 Å². The van der Waals surface area contributed by atoms with Crippen LogP contribution in [0.4, 0.5) is 0 Å². The maximum Gasteiger partial charge on any atom is 0.0792 e. The normalized spacial score (nSPS) is 13.6. The molecule has 0 N–H and O–H groups in total. The van der Waals surface area contributed by atoms with Crippen LogP contribution in [0.3, 0.4) is 0 Å². The number of aromatic nitrogens is 2. The van der Waals surface area contributed by atoms with E-state index >= 15 is 0 Å². The van der Waals surface area contributed by atoms with Crippen LogP contribution in [0.5, 0.6) is 0 Å². The fraction of sp³-hybridized carbons (Fsp3) is 0.0840. The molecule has 0 atom stereocenters. The Morgan fingerprint density at radius 3 is 0.955 bits per heavy atom. The van der Waals surface area contributed by atoms with Gasteiger partial charge in [0.05, 0.1) is 11.4 Å². The van der Waals surface area contributed by atoms with Gasteiger partial charge in [-0.1, -0.05) is 412 Å². The Bertz CT molecular complexity index is 8740. The molecule has 0 bridgehead atoms. The minimum Gasteiger partial charge on any atom is -0.256 e. The van der Waals surface area contributed by atoms with E-state index in [-0.39, 0.29) is 16.2 Å². The number of aryl methyl sites for hydroxylation is 2. The number of hydrogen-bond acceptors (Lipinski definition) is 2. The minimum atomic E-state index is -0.0739. The van der Waals surface area contributed by atoms with Crippen LogP contribution in [-0.2, 0) is 29.1 Å². The van der Waals surface area contributed by atoms with Gasteiger partial charge in [-0.2, -0.15) is 0 Å². The Labute approximate surface area is 776 Å². The van der Waals surface area contributed by atoms with Crippen LogP contribution in [0.25, 0.3) is 220 Å². The molecule has 0 saturated carbocycles. The minimum absolute atomic E-state index is 0.0589. The molecule has 2 heteroatoms. The van der Waals surface area contributed by atoms with E-state index in [0.717, 1.165) is 24.2 Å². The molecule has 0 unspecified atom stereocenters. The van der Waals surface area contributed by atoms with Gasteiger partial charge >= 0.3 is 0 Å². The van der Waals surface area contributed by atoms with Crippen molar-refractivity contribution in [1.82, 2.24) is 9.97 Å². The van der Waals surface area contributed by atoms with Crippen molar-refractivity contribution in [3.8, 4) is 134 Å². The summed E-state index contributed by atoms with van der Waals surface area (Å²) in [6.45, 7) is 14.2. The van der Waals surface area contributed by atoms with Gasteiger partial charge in [-0.3, -0.25) is 9.97 Å². The third kappa shape index (κ3) is 12.7. The highest BCUT2D eigenvalue weighted by molar-refractivity contribution is 6.27. The van der Waals surface area contributed by atoms with Crippen LogP contribution in [0.15, 0.2) is 437 Å². The van der Waals surface area contributed by atoms with Crippen LogP contribution < -0.4 is 0 Å². The van der Waals surface area contributed by atoms with Gasteiger partial charge in [-0.25, -0.2) is 0 Å². The van der Waals surface area contributed by atoms with E-state index in [1.807, 2.05) is 18.5 Å². The third-order valence-corrected chi connectivity index (χ3v) is 30.0. The van der Waals surface area contributed by atoms with Gasteiger partial charge in [0.2, 0.25) is 0 Å². The Morgan fingerprint density at radius 2 is 0.511 bits per heavy atom. The highest BCUT2D eigenvalue weighted by atomic mass is 14.7. The van der Waals surface area contributed by atoms with Crippen LogP contribution >= 0.6 is 0 Å². The lowest BCUT2D eigenvalue weighted by molar-refractivity contribution is 0.660. The third-order valence-electron chi connectivity index (χ3n) is 30.0. The molecule has 21 aromatic carbocycles. The average molecular weight is 1700 g/mol. The molecule has 0 amide bonds. The smallest absolute Gasteiger partial charge is 0.0792 e. The van der Waals surface area contributed by atoms with Crippen LogP contribution in [0.1, 0.15) is 86.1 Å². The molecule has 0 fully saturated rings. The zero-order valence-electron chi connectivity index (χ0n) is 75.4. The number of fused-ring (bicyclic) bond motifs is 16. The first-order valence-electron chi connectivity index (χ1n) is 46.9. The number of nitrogens with zero attached hydrogens (tertiary/aromatic N) is 2. The largest absolute Gasteiger partial charge is 0.256 e. The Kier molecular flexibility index (Phi) is 18.5. The Hall–Kier alpha value is -16.0. The molecule has 4 aliphatic rings. The SMILES string of the molecule is CC1(C)c2ccccc2-c2ccc(-c3c4ccccc4c(-c4ccc5c6c(cccc46)CC5)c4ccc(-c5ccccc5)cc34)cc21.CC1(C)c2ccccc2-c2ccc(-c3c4ccccc4c(-c4ccccn4)c4ccc(-c5ccccc5)cc34)cc21.CC1(C)c2ccccc2-c2ccc(-c3c4ccccc4c(-c4nccc5ccccc45)c4ccc(-c5ccccc5)cc34)cc21. The molecule has 2 aromatic heterocycles. The van der Waals surface area contributed by atoms with Gasteiger partial charge in [0.1, 0.15) is 0 Å². The van der Waals surface area contributed by atoms with Crippen molar-refractivity contribution in [2.24, 2.45) is 0 Å². The van der Waals surface area contributed by atoms with Gasteiger partial charge in [0, 0.05) is 45.2 Å². The van der Waals surface area contributed by atoms with E-state index in [2.05, 4.69) is 460 Å². The standard InChI is InChI=1S/C47H34.C44H31N.C40H29N/c1-47(2)42-18-9-8-14-34(42)35-24-23-33(28-43(35)47)45-37-15-6-7-16-38(37)46(39-25-21-31-20-19-30-13-10-17-36(39)44(30)31)40-26-22-32(27-41(40)45)29-11-4-3-5-12-29;1-44(2)39-19-11-10-16-33(39)34-22-21-31(27-40(34)44)41-35-17-8-9-18-36(35)42(43-32-15-7-6-14-29(32)24-25-45-43)37-23-20-30(26-38(37)41)28-12-4-3-5-13-28;1-40(2)35-17-9-8-14-29(35)30-21-20-28(25-36(30)40)38-31-15-6-7-16-32(31)39(37-18-10-11-23-41-37)33-22-19-27(24-34(33)38)26-12-4-3-5-13-26/h3-18,21-28H,19-20H2,1-2H3;3-27H,1-2H3;3-25H,1-2H3. The predicted molar refractivity (Wildman–Crippen MR) is 564 cm³/mol. The molecule has 4 aliphatic carbocycles. The Balaban J connectivity index is 0.000000107. The molecule has 0 spiro atoms. The summed E-state index contributed by atoms with van der Waals surface area (Å²) in [6.07, 6.45) is 6.11. The highest BCUT2D eigenvalue weighted by Crippen LogP contribution is 2.58. The maximum atomic E-state index is 5.05. The molecule has 0 aliphatic heterocycles. The van der Waals surface area contributed by atoms with Crippen molar-refractivity contribution >= 4 is 86.2 Å². The molecule has 27 rings (SSSR count). The zero-order valence-corrected chi connectivity index (χ0v) is 75.4. The number of rotatable bonds is 9. The molecule has 133 heavy (non-hydrogen) atoms. The van der Waals surface area contributed by atoms with Crippen LogP contribution in [0, 0.1) is 0 Å². The van der Waals surface area contributed by atoms with Crippen molar-refractivity contribution in [1.29, 1.82) is 0 Å². The van der Waals surface area contributed by atoms with E-state index in [4.69, 9.17) is 9.97 Å². The fourth-order valence-electron chi connectivity index (χ4n) is 23.6. The van der Waals surface area contributed by atoms with Crippen LogP contribution in [-0.4, -0.2) is 9.97 Å². The number of pyridine rings is 2. The lowest BCUT2D eigenvalue weighted by Crippen LogP contribution is -2.14. The van der Waals surface area contributed by atoms with Crippen molar-refractivity contribution in [2.45, 2.75) is 70.6 Å². The molecular formula is C131H94N2. The predicted octanol–water partition coefficient (Wildman–Crippen LogP) is 35.1. The first kappa shape index (κ1) is 79.2. The van der Waals surface area contributed by atoms with E-state index in [1.54, 1.807) is 0 Å². The summed E-state index contributed by atoms with van der Waals surface area (Å²) in [6, 6.07) is 157. The topological polar surface area (TPSA) is 25.8 Å². The molecule has 23 aromatic rings. The summed E-state index contributed by atoms with van der Waals surface area (Å²) >= 11 is 0. The van der Waals surface area contributed by atoms with E-state index in [0.29, 0.717) is 0 Å². The maximum absolute atomic E-state index is 5.05. The molecule has 0 saturated heterocycles. The van der Waals surface area contributed by atoms with Gasteiger partial charge in [0.25, 0.3) is 0 Å². The van der Waals surface area contributed by atoms with E-state index < -0.39 is 0 Å². The highest BCUT2D eigenvalue weighted by Gasteiger charge is 2.40. The summed E-state index contributed by atoms with van der Waals surface area (Å²) in [5, 5.41) is 20.3. The average Bonchev–Trinajstić information content (AvgIpc) is 1.72. The summed E-state index contributed by atoms with van der Waals surface area (Å²) in [5.41, 5.74) is 41.4. The molecule has 628 valence electrons. The lowest BCUT2D eigenvalue weighted by atomic mass is 9.80. The lowest BCUT2D eigenvalue weighted by Gasteiger charge is -2.23. The molecule has 2 nitrogen and oxygen atoms in total. The van der Waals surface area contributed by atoms with E-state index in [9.17, 15) is 0 Å². The summed E-state index contributed by atoms with van der Waals surface area (Å²) < 4.78 is 0. The fourth-order valence-corrected chi connectivity index (χ4v) is 23.6. The summed E-state index contributed by atoms with van der Waals surface area (Å²) in [7, 11) is 0. The summed E-state index contributed by atoms with van der Waals surface area (Å²) in [5.74, 6) is 0.